The zero-order valence-electron chi connectivity index (χ0n) is 10.5. The minimum absolute atomic E-state index is 0.199. The average molecular weight is 214 g/mol. The monoisotopic (exact) mass is 214 g/mol. The van der Waals surface area contributed by atoms with E-state index in [4.69, 9.17) is 0 Å². The Morgan fingerprint density at radius 2 is 2.00 bits per heavy atom. The Hall–Kier alpha value is -0.120. The van der Waals surface area contributed by atoms with Crippen molar-refractivity contribution < 1.29 is 5.11 Å². The van der Waals surface area contributed by atoms with Crippen molar-refractivity contribution in [3.8, 4) is 0 Å². The number of aliphatic hydroxyl groups is 1. The maximum atomic E-state index is 9.29. The van der Waals surface area contributed by atoms with E-state index in [-0.39, 0.29) is 6.10 Å². The molecule has 0 aliphatic carbocycles. The van der Waals surface area contributed by atoms with E-state index in [2.05, 4.69) is 31.0 Å². The lowest BCUT2D eigenvalue weighted by Crippen LogP contribution is -2.40. The zero-order valence-corrected chi connectivity index (χ0v) is 10.5. The maximum Gasteiger partial charge on any atom is 0.0526 e. The van der Waals surface area contributed by atoms with Gasteiger partial charge in [0.25, 0.3) is 0 Å². The standard InChI is InChI=1S/C12H26N2O/c1-9(2)14-6-5-12(8-14)13-10(3)7-11(4)15/h9-13,15H,5-8H2,1-4H3. The van der Waals surface area contributed by atoms with Crippen LogP contribution in [0, 0.1) is 0 Å². The Morgan fingerprint density at radius 3 is 2.47 bits per heavy atom. The fourth-order valence-corrected chi connectivity index (χ4v) is 2.37. The smallest absolute Gasteiger partial charge is 0.0526 e. The van der Waals surface area contributed by atoms with E-state index >= 15 is 0 Å². The first kappa shape index (κ1) is 12.9. The summed E-state index contributed by atoms with van der Waals surface area (Å²) >= 11 is 0. The summed E-state index contributed by atoms with van der Waals surface area (Å²) in [7, 11) is 0. The van der Waals surface area contributed by atoms with Crippen LogP contribution in [0.4, 0.5) is 0 Å². The molecule has 90 valence electrons. The van der Waals surface area contributed by atoms with Crippen LogP contribution in [0.15, 0.2) is 0 Å². The van der Waals surface area contributed by atoms with E-state index in [1.54, 1.807) is 0 Å². The molecule has 3 nitrogen and oxygen atoms in total. The number of hydrogen-bond donors (Lipinski definition) is 2. The molecule has 0 amide bonds. The molecule has 0 aromatic heterocycles. The summed E-state index contributed by atoms with van der Waals surface area (Å²) in [5.41, 5.74) is 0. The molecule has 0 radical (unpaired) electrons. The van der Waals surface area contributed by atoms with Gasteiger partial charge < -0.3 is 10.4 Å². The van der Waals surface area contributed by atoms with Gasteiger partial charge in [0.1, 0.15) is 0 Å². The molecule has 0 aromatic carbocycles. The van der Waals surface area contributed by atoms with Crippen LogP contribution in [-0.2, 0) is 0 Å². The van der Waals surface area contributed by atoms with E-state index in [0.29, 0.717) is 18.1 Å². The summed E-state index contributed by atoms with van der Waals surface area (Å²) in [6.45, 7) is 10.9. The SMILES string of the molecule is CC(O)CC(C)NC1CCN(C(C)C)C1. The van der Waals surface area contributed by atoms with Gasteiger partial charge in [-0.3, -0.25) is 4.90 Å². The molecule has 15 heavy (non-hydrogen) atoms. The van der Waals surface area contributed by atoms with Crippen molar-refractivity contribution >= 4 is 0 Å². The first-order valence-corrected chi connectivity index (χ1v) is 6.17. The summed E-state index contributed by atoms with van der Waals surface area (Å²) in [5, 5.41) is 12.9. The van der Waals surface area contributed by atoms with Crippen molar-refractivity contribution in [3.63, 3.8) is 0 Å². The average Bonchev–Trinajstić information content (AvgIpc) is 2.50. The van der Waals surface area contributed by atoms with Crippen molar-refractivity contribution in [3.05, 3.63) is 0 Å². The molecular formula is C12H26N2O. The van der Waals surface area contributed by atoms with Gasteiger partial charge in [-0.25, -0.2) is 0 Å². The van der Waals surface area contributed by atoms with Gasteiger partial charge in [-0.05, 0) is 47.1 Å². The van der Waals surface area contributed by atoms with E-state index in [0.717, 1.165) is 13.0 Å². The van der Waals surface area contributed by atoms with Gasteiger partial charge >= 0.3 is 0 Å². The number of hydrogen-bond acceptors (Lipinski definition) is 3. The summed E-state index contributed by atoms with van der Waals surface area (Å²) in [6.07, 6.45) is 1.88. The van der Waals surface area contributed by atoms with Crippen LogP contribution >= 0.6 is 0 Å². The molecule has 1 rings (SSSR count). The topological polar surface area (TPSA) is 35.5 Å². The molecule has 0 aromatic rings. The molecule has 1 aliphatic rings. The molecular weight excluding hydrogens is 188 g/mol. The molecule has 2 N–H and O–H groups in total. The molecule has 3 atom stereocenters. The van der Waals surface area contributed by atoms with Crippen molar-refractivity contribution in [2.45, 2.75) is 64.8 Å². The van der Waals surface area contributed by atoms with Crippen molar-refractivity contribution in [2.75, 3.05) is 13.1 Å². The second-order valence-corrected chi connectivity index (χ2v) is 5.23. The second kappa shape index (κ2) is 5.83. The Morgan fingerprint density at radius 1 is 1.33 bits per heavy atom. The Balaban J connectivity index is 2.23. The molecule has 0 spiro atoms. The predicted molar refractivity (Wildman–Crippen MR) is 64.0 cm³/mol. The maximum absolute atomic E-state index is 9.29. The molecule has 1 fully saturated rings. The summed E-state index contributed by atoms with van der Waals surface area (Å²) in [6, 6.07) is 1.69. The number of nitrogens with zero attached hydrogens (tertiary/aromatic N) is 1. The lowest BCUT2D eigenvalue weighted by molar-refractivity contribution is 0.167. The summed E-state index contributed by atoms with van der Waals surface area (Å²) < 4.78 is 0. The number of nitrogens with one attached hydrogen (secondary N) is 1. The lowest BCUT2D eigenvalue weighted by atomic mass is 10.1. The normalized spacial score (nSPS) is 27.2. The summed E-state index contributed by atoms with van der Waals surface area (Å²) in [4.78, 5) is 2.51. The number of likely N-dealkylation sites (tertiary alicyclic amines) is 1. The molecule has 3 heteroatoms. The first-order valence-electron chi connectivity index (χ1n) is 6.17. The summed E-state index contributed by atoms with van der Waals surface area (Å²) in [5.74, 6) is 0. The highest BCUT2D eigenvalue weighted by Crippen LogP contribution is 2.13. The van der Waals surface area contributed by atoms with Crippen molar-refractivity contribution in [1.29, 1.82) is 0 Å². The molecule has 1 saturated heterocycles. The van der Waals surface area contributed by atoms with E-state index in [9.17, 15) is 5.11 Å². The van der Waals surface area contributed by atoms with Gasteiger partial charge in [0.2, 0.25) is 0 Å². The van der Waals surface area contributed by atoms with E-state index in [1.165, 1.54) is 13.0 Å². The third-order valence-corrected chi connectivity index (χ3v) is 3.16. The minimum Gasteiger partial charge on any atom is -0.393 e. The van der Waals surface area contributed by atoms with Gasteiger partial charge in [0.15, 0.2) is 0 Å². The molecule has 0 saturated carbocycles. The molecule has 1 aliphatic heterocycles. The van der Waals surface area contributed by atoms with Crippen LogP contribution in [0.5, 0.6) is 0 Å². The van der Waals surface area contributed by atoms with Crippen LogP contribution in [0.2, 0.25) is 0 Å². The van der Waals surface area contributed by atoms with Crippen LogP contribution in [0.25, 0.3) is 0 Å². The fraction of sp³-hybridized carbons (Fsp3) is 1.00. The minimum atomic E-state index is -0.199. The molecule has 3 unspecified atom stereocenters. The third kappa shape index (κ3) is 4.49. The molecule has 1 heterocycles. The quantitative estimate of drug-likeness (QED) is 0.722. The Labute approximate surface area is 93.9 Å². The highest BCUT2D eigenvalue weighted by molar-refractivity contribution is 4.84. The predicted octanol–water partition coefficient (Wildman–Crippen LogP) is 1.22. The van der Waals surface area contributed by atoms with E-state index < -0.39 is 0 Å². The van der Waals surface area contributed by atoms with Crippen molar-refractivity contribution in [1.82, 2.24) is 10.2 Å². The zero-order chi connectivity index (χ0) is 11.4. The first-order chi connectivity index (χ1) is 6.99. The highest BCUT2D eigenvalue weighted by Gasteiger charge is 2.24. The van der Waals surface area contributed by atoms with Gasteiger partial charge in [0.05, 0.1) is 6.10 Å². The largest absolute Gasteiger partial charge is 0.393 e. The van der Waals surface area contributed by atoms with Gasteiger partial charge in [-0.15, -0.1) is 0 Å². The van der Waals surface area contributed by atoms with Crippen LogP contribution in [0.3, 0.4) is 0 Å². The lowest BCUT2D eigenvalue weighted by Gasteiger charge is -2.23. The van der Waals surface area contributed by atoms with Gasteiger partial charge in [-0.2, -0.15) is 0 Å². The fourth-order valence-electron chi connectivity index (χ4n) is 2.37. The van der Waals surface area contributed by atoms with E-state index in [1.807, 2.05) is 6.92 Å². The van der Waals surface area contributed by atoms with Crippen LogP contribution < -0.4 is 5.32 Å². The van der Waals surface area contributed by atoms with Crippen LogP contribution in [-0.4, -0.2) is 47.3 Å². The second-order valence-electron chi connectivity index (χ2n) is 5.23. The Kier molecular flexibility index (Phi) is 5.03. The highest BCUT2D eigenvalue weighted by atomic mass is 16.3. The van der Waals surface area contributed by atoms with Gasteiger partial charge in [0, 0.05) is 24.7 Å². The Bertz CT molecular complexity index is 182. The van der Waals surface area contributed by atoms with Gasteiger partial charge in [-0.1, -0.05) is 0 Å². The molecule has 0 bridgehead atoms. The number of rotatable bonds is 5. The number of aliphatic hydroxyl groups excluding tert-OH is 1. The third-order valence-electron chi connectivity index (χ3n) is 3.16. The van der Waals surface area contributed by atoms with Crippen LogP contribution in [0.1, 0.15) is 40.5 Å². The van der Waals surface area contributed by atoms with Crippen molar-refractivity contribution in [2.24, 2.45) is 0 Å².